The number of carbonyl (C=O) groups is 3. The number of carbonyl (C=O) groups excluding carboxylic acids is 3. The van der Waals surface area contributed by atoms with Gasteiger partial charge in [0.15, 0.2) is 0 Å². The topological polar surface area (TPSA) is 105 Å². The van der Waals surface area contributed by atoms with Crippen LogP contribution in [0.2, 0.25) is 0 Å². The lowest BCUT2D eigenvalue weighted by Gasteiger charge is -2.29. The van der Waals surface area contributed by atoms with Crippen LogP contribution in [-0.4, -0.2) is 47.7 Å². The van der Waals surface area contributed by atoms with Gasteiger partial charge in [-0.3, -0.25) is 14.4 Å². The van der Waals surface area contributed by atoms with Crippen LogP contribution in [0, 0.1) is 11.8 Å². The van der Waals surface area contributed by atoms with E-state index in [1.807, 2.05) is 36.4 Å². The minimum absolute atomic E-state index is 0.0101. The average Bonchev–Trinajstić information content (AvgIpc) is 3.35. The molecule has 7 heteroatoms. The van der Waals surface area contributed by atoms with Gasteiger partial charge in [-0.15, -0.1) is 13.2 Å². The smallest absolute Gasteiger partial charge is 0.309 e. The second-order valence-electron chi connectivity index (χ2n) is 10.2. The number of amides is 2. The first-order valence-electron chi connectivity index (χ1n) is 13.5. The third kappa shape index (κ3) is 10.5. The predicted octanol–water partition coefficient (Wildman–Crippen LogP) is 4.25. The lowest BCUT2D eigenvalue weighted by Crippen LogP contribution is -2.50. The number of ether oxygens (including phenoxy) is 1. The van der Waals surface area contributed by atoms with E-state index in [0.717, 1.165) is 44.1 Å². The van der Waals surface area contributed by atoms with Crippen molar-refractivity contribution in [2.24, 2.45) is 11.8 Å². The molecular weight excluding hydrogens is 468 g/mol. The molecule has 3 atom stereocenters. The SMILES string of the molecule is C=CCCC[C@H](Cc1ccccc1)C(=O)O[C@@H](C)CNC(=O)[C@@H](CC=C)CC(=O)NC1(CO)CCCC1. The summed E-state index contributed by atoms with van der Waals surface area (Å²) in [6, 6.07) is 9.86. The lowest BCUT2D eigenvalue weighted by molar-refractivity contribution is -0.153. The van der Waals surface area contributed by atoms with Crippen molar-refractivity contribution in [2.45, 2.75) is 82.8 Å². The number of nitrogens with one attached hydrogen (secondary N) is 2. The van der Waals surface area contributed by atoms with E-state index in [1.54, 1.807) is 13.0 Å². The number of unbranched alkanes of at least 4 members (excludes halogenated alkanes) is 1. The molecule has 0 unspecified atom stereocenters. The van der Waals surface area contributed by atoms with E-state index in [9.17, 15) is 19.5 Å². The first kappa shape index (κ1) is 30.3. The van der Waals surface area contributed by atoms with E-state index < -0.39 is 17.6 Å². The maximum Gasteiger partial charge on any atom is 0.309 e. The molecular formula is C30H44N2O5. The fraction of sp³-hybridized carbons (Fsp3) is 0.567. The number of hydrogen-bond acceptors (Lipinski definition) is 5. The van der Waals surface area contributed by atoms with E-state index >= 15 is 0 Å². The Balaban J connectivity index is 1.87. The molecule has 1 aliphatic carbocycles. The number of esters is 1. The first-order chi connectivity index (χ1) is 17.8. The van der Waals surface area contributed by atoms with Crippen LogP contribution < -0.4 is 10.6 Å². The number of aliphatic hydroxyl groups is 1. The number of rotatable bonds is 17. The fourth-order valence-corrected chi connectivity index (χ4v) is 4.86. The van der Waals surface area contributed by atoms with Crippen LogP contribution in [0.1, 0.15) is 70.3 Å². The molecule has 0 aromatic heterocycles. The van der Waals surface area contributed by atoms with Crippen molar-refractivity contribution < 1.29 is 24.2 Å². The van der Waals surface area contributed by atoms with Crippen LogP contribution in [0.25, 0.3) is 0 Å². The Morgan fingerprint density at radius 2 is 1.81 bits per heavy atom. The maximum atomic E-state index is 13.0. The summed E-state index contributed by atoms with van der Waals surface area (Å²) in [6.45, 7) is 9.28. The van der Waals surface area contributed by atoms with Gasteiger partial charge in [0.05, 0.1) is 30.5 Å². The zero-order valence-electron chi connectivity index (χ0n) is 22.3. The Morgan fingerprint density at radius 1 is 1.11 bits per heavy atom. The lowest BCUT2D eigenvalue weighted by atomic mass is 9.94. The molecule has 2 rings (SSSR count). The standard InChI is InChI=1S/C30H44N2O5/c1-4-6-8-16-26(19-24-14-9-7-10-15-24)29(36)37-23(3)21-31-28(35)25(13-5-2)20-27(34)32-30(22-33)17-11-12-18-30/h4-5,7,9-10,14-15,23,25-26,33H,1-2,6,8,11-13,16-22H2,3H3,(H,31,35)(H,32,34)/t23-,25-,26+/m0/s1. The molecule has 3 N–H and O–H groups in total. The van der Waals surface area contributed by atoms with Gasteiger partial charge in [-0.25, -0.2) is 0 Å². The first-order valence-corrected chi connectivity index (χ1v) is 13.5. The largest absolute Gasteiger partial charge is 0.461 e. The highest BCUT2D eigenvalue weighted by molar-refractivity contribution is 5.86. The Kier molecular flexibility index (Phi) is 13.1. The predicted molar refractivity (Wildman–Crippen MR) is 146 cm³/mol. The molecule has 0 aliphatic heterocycles. The monoisotopic (exact) mass is 512 g/mol. The van der Waals surface area contributed by atoms with E-state index in [4.69, 9.17) is 4.74 Å². The van der Waals surface area contributed by atoms with E-state index in [0.29, 0.717) is 19.3 Å². The highest BCUT2D eigenvalue weighted by atomic mass is 16.5. The summed E-state index contributed by atoms with van der Waals surface area (Å²) in [7, 11) is 0. The summed E-state index contributed by atoms with van der Waals surface area (Å²) in [4.78, 5) is 38.5. The van der Waals surface area contributed by atoms with Gasteiger partial charge in [0, 0.05) is 6.42 Å². The van der Waals surface area contributed by atoms with E-state index in [-0.39, 0.29) is 43.3 Å². The molecule has 204 valence electrons. The molecule has 1 fully saturated rings. The van der Waals surface area contributed by atoms with Crippen LogP contribution in [0.4, 0.5) is 0 Å². The molecule has 1 aromatic carbocycles. The van der Waals surface area contributed by atoms with Gasteiger partial charge in [-0.2, -0.15) is 0 Å². The van der Waals surface area contributed by atoms with Crippen molar-refractivity contribution in [1.29, 1.82) is 0 Å². The molecule has 0 radical (unpaired) electrons. The maximum absolute atomic E-state index is 13.0. The molecule has 1 saturated carbocycles. The zero-order chi connectivity index (χ0) is 27.1. The van der Waals surface area contributed by atoms with Gasteiger partial charge in [0.1, 0.15) is 6.10 Å². The fourth-order valence-electron chi connectivity index (χ4n) is 4.86. The van der Waals surface area contributed by atoms with Crippen LogP contribution in [-0.2, 0) is 25.5 Å². The highest BCUT2D eigenvalue weighted by Gasteiger charge is 2.35. The summed E-state index contributed by atoms with van der Waals surface area (Å²) in [6.07, 6.45) is 9.73. The van der Waals surface area contributed by atoms with Crippen molar-refractivity contribution in [3.8, 4) is 0 Å². The van der Waals surface area contributed by atoms with E-state index in [1.165, 1.54) is 0 Å². The molecule has 2 amide bonds. The second-order valence-corrected chi connectivity index (χ2v) is 10.2. The molecule has 1 aliphatic rings. The van der Waals surface area contributed by atoms with Gasteiger partial charge < -0.3 is 20.5 Å². The quantitative estimate of drug-likeness (QED) is 0.164. The molecule has 7 nitrogen and oxygen atoms in total. The zero-order valence-corrected chi connectivity index (χ0v) is 22.3. The Bertz CT molecular complexity index is 879. The molecule has 1 aromatic rings. The Labute approximate surface area is 221 Å². The van der Waals surface area contributed by atoms with Crippen molar-refractivity contribution in [2.75, 3.05) is 13.2 Å². The number of aliphatic hydroxyl groups excluding tert-OH is 1. The Morgan fingerprint density at radius 3 is 2.43 bits per heavy atom. The second kappa shape index (κ2) is 16.0. The number of benzene rings is 1. The minimum atomic E-state index is -0.581. The Hall–Kier alpha value is -2.93. The number of allylic oxidation sites excluding steroid dienone is 2. The summed E-state index contributed by atoms with van der Waals surface area (Å²) in [5, 5.41) is 15.5. The van der Waals surface area contributed by atoms with Crippen LogP contribution >= 0.6 is 0 Å². The van der Waals surface area contributed by atoms with Crippen LogP contribution in [0.3, 0.4) is 0 Å². The summed E-state index contributed by atoms with van der Waals surface area (Å²) in [5.41, 5.74) is 0.506. The minimum Gasteiger partial charge on any atom is -0.461 e. The molecule has 37 heavy (non-hydrogen) atoms. The van der Waals surface area contributed by atoms with Gasteiger partial charge in [0.25, 0.3) is 0 Å². The van der Waals surface area contributed by atoms with Crippen molar-refractivity contribution in [3.63, 3.8) is 0 Å². The summed E-state index contributed by atoms with van der Waals surface area (Å²) < 4.78 is 5.70. The highest BCUT2D eigenvalue weighted by Crippen LogP contribution is 2.29. The van der Waals surface area contributed by atoms with Crippen LogP contribution in [0.15, 0.2) is 55.6 Å². The molecule has 0 saturated heterocycles. The van der Waals surface area contributed by atoms with Crippen LogP contribution in [0.5, 0.6) is 0 Å². The van der Waals surface area contributed by atoms with Gasteiger partial charge in [-0.05, 0) is 57.4 Å². The van der Waals surface area contributed by atoms with Crippen molar-refractivity contribution in [1.82, 2.24) is 10.6 Å². The summed E-state index contributed by atoms with van der Waals surface area (Å²) in [5.74, 6) is -1.66. The summed E-state index contributed by atoms with van der Waals surface area (Å²) >= 11 is 0. The normalized spacial score (nSPS) is 16.7. The average molecular weight is 513 g/mol. The van der Waals surface area contributed by atoms with E-state index in [2.05, 4.69) is 23.8 Å². The van der Waals surface area contributed by atoms with Gasteiger partial charge in [0.2, 0.25) is 11.8 Å². The third-order valence-electron chi connectivity index (χ3n) is 7.02. The van der Waals surface area contributed by atoms with Crippen molar-refractivity contribution in [3.05, 3.63) is 61.2 Å². The molecule has 0 spiro atoms. The molecule has 0 heterocycles. The number of hydrogen-bond donors (Lipinski definition) is 3. The molecule has 0 bridgehead atoms. The third-order valence-corrected chi connectivity index (χ3v) is 7.02. The van der Waals surface area contributed by atoms with Gasteiger partial charge in [-0.1, -0.05) is 55.3 Å². The van der Waals surface area contributed by atoms with Crippen molar-refractivity contribution >= 4 is 17.8 Å². The van der Waals surface area contributed by atoms with Gasteiger partial charge >= 0.3 is 5.97 Å².